The maximum Gasteiger partial charge on any atom is 0.417 e. The van der Waals surface area contributed by atoms with Crippen LogP contribution in [0.5, 0.6) is 0 Å². The molecule has 0 aliphatic heterocycles. The van der Waals surface area contributed by atoms with Crippen molar-refractivity contribution in [2.75, 3.05) is 0 Å². The summed E-state index contributed by atoms with van der Waals surface area (Å²) < 4.78 is 39.2. The van der Waals surface area contributed by atoms with E-state index in [1.165, 1.54) is 18.2 Å². The molecule has 2 nitrogen and oxygen atoms in total. The molecule has 0 radical (unpaired) electrons. The number of hydrogen-bond donors (Lipinski definition) is 1. The van der Waals surface area contributed by atoms with Gasteiger partial charge in [0, 0.05) is 0 Å². The standard InChI is InChI=1S/C20H16F3NO/c1-13(15-11-10-14-6-2-3-7-16(14)12-15)24-19(25)17-8-4-5-9-18(17)20(21,22)23/h2-13H,1H3,(H,24,25)/t13-/m1/s1. The number of hydrogen-bond acceptors (Lipinski definition) is 1. The third-order valence-corrected chi connectivity index (χ3v) is 4.10. The zero-order valence-corrected chi connectivity index (χ0v) is 13.5. The number of carbonyl (C=O) groups is 1. The molecule has 1 atom stereocenters. The molecule has 0 fully saturated rings. The molecule has 0 saturated heterocycles. The third-order valence-electron chi connectivity index (χ3n) is 4.10. The third kappa shape index (κ3) is 3.65. The van der Waals surface area contributed by atoms with Crippen molar-refractivity contribution in [3.8, 4) is 0 Å². The summed E-state index contributed by atoms with van der Waals surface area (Å²) in [5, 5.41) is 4.72. The van der Waals surface area contributed by atoms with Crippen LogP contribution in [0.3, 0.4) is 0 Å². The van der Waals surface area contributed by atoms with Crippen LogP contribution in [0, 0.1) is 0 Å². The normalized spacial score (nSPS) is 12.8. The molecule has 0 heterocycles. The maximum absolute atomic E-state index is 13.1. The van der Waals surface area contributed by atoms with Gasteiger partial charge in [0.15, 0.2) is 0 Å². The fourth-order valence-corrected chi connectivity index (χ4v) is 2.76. The van der Waals surface area contributed by atoms with Gasteiger partial charge in [-0.1, -0.05) is 48.5 Å². The van der Waals surface area contributed by atoms with Gasteiger partial charge in [-0.2, -0.15) is 13.2 Å². The molecule has 0 saturated carbocycles. The Kier molecular flexibility index (Phi) is 4.49. The Labute approximate surface area is 143 Å². The molecule has 3 rings (SSSR count). The lowest BCUT2D eigenvalue weighted by Crippen LogP contribution is -2.28. The molecule has 3 aromatic carbocycles. The van der Waals surface area contributed by atoms with E-state index in [0.717, 1.165) is 22.4 Å². The van der Waals surface area contributed by atoms with Gasteiger partial charge in [-0.15, -0.1) is 0 Å². The molecule has 0 bridgehead atoms. The Bertz CT molecular complexity index is 918. The zero-order chi connectivity index (χ0) is 18.0. The van der Waals surface area contributed by atoms with E-state index < -0.39 is 23.7 Å². The average molecular weight is 343 g/mol. The minimum absolute atomic E-state index is 0.373. The van der Waals surface area contributed by atoms with Gasteiger partial charge in [0.1, 0.15) is 0 Å². The summed E-state index contributed by atoms with van der Waals surface area (Å²) in [5.41, 5.74) is -0.475. The minimum atomic E-state index is -4.57. The summed E-state index contributed by atoms with van der Waals surface area (Å²) in [6, 6.07) is 17.9. The van der Waals surface area contributed by atoms with Crippen molar-refractivity contribution in [2.24, 2.45) is 0 Å². The van der Waals surface area contributed by atoms with Crippen molar-refractivity contribution in [1.29, 1.82) is 0 Å². The van der Waals surface area contributed by atoms with Gasteiger partial charge in [0.2, 0.25) is 0 Å². The minimum Gasteiger partial charge on any atom is -0.346 e. The molecule has 3 aromatic rings. The number of carbonyl (C=O) groups excluding carboxylic acids is 1. The molecule has 0 aliphatic carbocycles. The van der Waals surface area contributed by atoms with Crippen molar-refractivity contribution >= 4 is 16.7 Å². The summed E-state index contributed by atoms with van der Waals surface area (Å²) >= 11 is 0. The second kappa shape index (κ2) is 6.59. The highest BCUT2D eigenvalue weighted by Crippen LogP contribution is 2.32. The molecule has 25 heavy (non-hydrogen) atoms. The van der Waals surface area contributed by atoms with Crippen LogP contribution in [-0.2, 0) is 6.18 Å². The lowest BCUT2D eigenvalue weighted by molar-refractivity contribution is -0.137. The number of fused-ring (bicyclic) bond motifs is 1. The molecule has 128 valence electrons. The van der Waals surface area contributed by atoms with Crippen LogP contribution in [0.15, 0.2) is 66.7 Å². The van der Waals surface area contributed by atoms with E-state index in [-0.39, 0.29) is 5.56 Å². The fraction of sp³-hybridized carbons (Fsp3) is 0.150. The molecule has 1 amide bonds. The predicted octanol–water partition coefficient (Wildman–Crippen LogP) is 5.35. The quantitative estimate of drug-likeness (QED) is 0.682. The molecule has 0 aromatic heterocycles. The summed E-state index contributed by atoms with van der Waals surface area (Å²) in [4.78, 5) is 12.3. The lowest BCUT2D eigenvalue weighted by Gasteiger charge is -2.17. The number of rotatable bonds is 3. The van der Waals surface area contributed by atoms with E-state index in [1.807, 2.05) is 42.5 Å². The SMILES string of the molecule is C[C@@H](NC(=O)c1ccccc1C(F)(F)F)c1ccc2ccccc2c1. The van der Waals surface area contributed by atoms with Crippen LogP contribution in [0.1, 0.15) is 34.5 Å². The van der Waals surface area contributed by atoms with Gasteiger partial charge < -0.3 is 5.32 Å². The van der Waals surface area contributed by atoms with Crippen LogP contribution in [0.25, 0.3) is 10.8 Å². The van der Waals surface area contributed by atoms with E-state index in [9.17, 15) is 18.0 Å². The van der Waals surface area contributed by atoms with Gasteiger partial charge in [0.25, 0.3) is 5.91 Å². The number of alkyl halides is 3. The Morgan fingerprint density at radius 2 is 1.56 bits per heavy atom. The second-order valence-corrected chi connectivity index (χ2v) is 5.85. The lowest BCUT2D eigenvalue weighted by atomic mass is 10.0. The molecular weight excluding hydrogens is 327 g/mol. The Balaban J connectivity index is 1.85. The Morgan fingerprint density at radius 3 is 2.28 bits per heavy atom. The first-order chi connectivity index (χ1) is 11.9. The molecule has 5 heteroatoms. The molecule has 0 aliphatic rings. The zero-order valence-electron chi connectivity index (χ0n) is 13.5. The van der Waals surface area contributed by atoms with Gasteiger partial charge in [-0.25, -0.2) is 0 Å². The van der Waals surface area contributed by atoms with Gasteiger partial charge in [-0.05, 0) is 41.5 Å². The first kappa shape index (κ1) is 17.0. The summed E-state index contributed by atoms with van der Waals surface area (Å²) in [6.45, 7) is 1.75. The van der Waals surface area contributed by atoms with Crippen molar-refractivity contribution < 1.29 is 18.0 Å². The molecule has 0 unspecified atom stereocenters. The second-order valence-electron chi connectivity index (χ2n) is 5.85. The van der Waals surface area contributed by atoms with Crippen molar-refractivity contribution in [2.45, 2.75) is 19.1 Å². The number of amides is 1. The number of halogens is 3. The summed E-state index contributed by atoms with van der Waals surface area (Å²) in [5.74, 6) is -0.742. The summed E-state index contributed by atoms with van der Waals surface area (Å²) in [6.07, 6.45) is -4.57. The number of nitrogens with one attached hydrogen (secondary N) is 1. The van der Waals surface area contributed by atoms with E-state index in [4.69, 9.17) is 0 Å². The maximum atomic E-state index is 13.1. The van der Waals surface area contributed by atoms with E-state index in [2.05, 4.69) is 5.32 Å². The van der Waals surface area contributed by atoms with Gasteiger partial charge in [-0.3, -0.25) is 4.79 Å². The average Bonchev–Trinajstić information content (AvgIpc) is 2.60. The van der Waals surface area contributed by atoms with E-state index in [0.29, 0.717) is 0 Å². The highest BCUT2D eigenvalue weighted by atomic mass is 19.4. The van der Waals surface area contributed by atoms with Crippen LogP contribution in [0.2, 0.25) is 0 Å². The highest BCUT2D eigenvalue weighted by Gasteiger charge is 2.35. The Morgan fingerprint density at radius 1 is 0.920 bits per heavy atom. The van der Waals surface area contributed by atoms with Gasteiger partial charge in [0.05, 0.1) is 17.2 Å². The van der Waals surface area contributed by atoms with Crippen LogP contribution >= 0.6 is 0 Å². The van der Waals surface area contributed by atoms with Crippen LogP contribution < -0.4 is 5.32 Å². The first-order valence-electron chi connectivity index (χ1n) is 7.82. The highest BCUT2D eigenvalue weighted by molar-refractivity contribution is 5.96. The molecular formula is C20H16F3NO. The largest absolute Gasteiger partial charge is 0.417 e. The van der Waals surface area contributed by atoms with E-state index >= 15 is 0 Å². The topological polar surface area (TPSA) is 29.1 Å². The molecule has 1 N–H and O–H groups in total. The summed E-state index contributed by atoms with van der Waals surface area (Å²) in [7, 11) is 0. The van der Waals surface area contributed by atoms with E-state index in [1.54, 1.807) is 6.92 Å². The first-order valence-corrected chi connectivity index (χ1v) is 7.82. The van der Waals surface area contributed by atoms with Crippen molar-refractivity contribution in [3.05, 3.63) is 83.4 Å². The smallest absolute Gasteiger partial charge is 0.346 e. The van der Waals surface area contributed by atoms with Gasteiger partial charge >= 0.3 is 6.18 Å². The predicted molar refractivity (Wildman–Crippen MR) is 91.3 cm³/mol. The Hall–Kier alpha value is -2.82. The monoisotopic (exact) mass is 343 g/mol. The van der Waals surface area contributed by atoms with Crippen molar-refractivity contribution in [1.82, 2.24) is 5.32 Å². The van der Waals surface area contributed by atoms with Crippen LogP contribution in [0.4, 0.5) is 13.2 Å². The fourth-order valence-electron chi connectivity index (χ4n) is 2.76. The van der Waals surface area contributed by atoms with Crippen molar-refractivity contribution in [3.63, 3.8) is 0 Å². The number of benzene rings is 3. The van der Waals surface area contributed by atoms with Crippen LogP contribution in [-0.4, -0.2) is 5.91 Å². The molecule has 0 spiro atoms.